The number of amides is 3. The molecule has 3 saturated heterocycles. The third kappa shape index (κ3) is 2.14. The van der Waals surface area contributed by atoms with Crippen molar-refractivity contribution in [1.29, 1.82) is 0 Å². The van der Waals surface area contributed by atoms with Gasteiger partial charge in [0.05, 0.1) is 19.9 Å². The van der Waals surface area contributed by atoms with Gasteiger partial charge in [0.15, 0.2) is 5.72 Å². The summed E-state index contributed by atoms with van der Waals surface area (Å²) in [5.41, 5.74) is -3.77. The van der Waals surface area contributed by atoms with E-state index in [-0.39, 0.29) is 0 Å². The van der Waals surface area contributed by atoms with Gasteiger partial charge in [-0.05, 0) is 26.0 Å². The lowest BCUT2D eigenvalue weighted by Crippen LogP contribution is -2.64. The van der Waals surface area contributed by atoms with E-state index in [4.69, 9.17) is 14.2 Å². The Balaban J connectivity index is 1.89. The summed E-state index contributed by atoms with van der Waals surface area (Å²) in [7, 11) is 2.21. The molecule has 10 nitrogen and oxygen atoms in total. The fourth-order valence-corrected chi connectivity index (χ4v) is 4.90. The molecule has 30 heavy (non-hydrogen) atoms. The summed E-state index contributed by atoms with van der Waals surface area (Å²) in [6.07, 6.45) is 0. The van der Waals surface area contributed by atoms with Crippen molar-refractivity contribution in [2.24, 2.45) is 11.8 Å². The fourth-order valence-electron chi connectivity index (χ4n) is 4.90. The molecule has 3 aliphatic rings. The maximum atomic E-state index is 13.4. The van der Waals surface area contributed by atoms with E-state index in [1.54, 1.807) is 30.3 Å². The van der Waals surface area contributed by atoms with Gasteiger partial charge in [0.25, 0.3) is 11.5 Å². The van der Waals surface area contributed by atoms with Crippen LogP contribution < -0.4 is 4.90 Å². The molecular weight excluding hydrogens is 396 g/mol. The summed E-state index contributed by atoms with van der Waals surface area (Å²) < 4.78 is 15.4. The molecule has 5 atom stereocenters. The Labute approximate surface area is 171 Å². The number of carbonyl (C=O) groups is 5. The Bertz CT molecular complexity index is 978. The number of methoxy groups -OCH3 is 2. The molecular formula is C20H20N2O8. The molecule has 3 fully saturated rings. The Morgan fingerprint density at radius 3 is 2.20 bits per heavy atom. The van der Waals surface area contributed by atoms with Crippen molar-refractivity contribution in [2.45, 2.75) is 31.2 Å². The number of likely N-dealkylation sites (tertiary alicyclic amines) is 1. The van der Waals surface area contributed by atoms with Crippen LogP contribution in [0.3, 0.4) is 0 Å². The number of benzene rings is 1. The third-order valence-electron chi connectivity index (χ3n) is 6.14. The number of piperidine rings is 1. The molecule has 1 aromatic rings. The zero-order chi connectivity index (χ0) is 22.0. The van der Waals surface area contributed by atoms with Gasteiger partial charge in [-0.3, -0.25) is 19.3 Å². The molecule has 0 radical (unpaired) electrons. The normalized spacial score (nSPS) is 33.0. The Kier molecular flexibility index (Phi) is 4.25. The molecule has 3 amide bonds. The second kappa shape index (κ2) is 6.36. The Morgan fingerprint density at radius 1 is 1.03 bits per heavy atom. The van der Waals surface area contributed by atoms with Gasteiger partial charge in [0.1, 0.15) is 17.9 Å². The average Bonchev–Trinajstić information content (AvgIpc) is 3.27. The molecule has 0 N–H and O–H groups in total. The first kappa shape index (κ1) is 20.0. The minimum atomic E-state index is -2.35. The molecule has 0 unspecified atom stereocenters. The van der Waals surface area contributed by atoms with Crippen LogP contribution in [-0.2, 0) is 38.2 Å². The third-order valence-corrected chi connectivity index (χ3v) is 6.14. The van der Waals surface area contributed by atoms with Crippen LogP contribution in [0.15, 0.2) is 30.3 Å². The largest absolute Gasteiger partial charge is 0.467 e. The van der Waals surface area contributed by atoms with Crippen molar-refractivity contribution in [3.8, 4) is 0 Å². The number of imide groups is 1. The molecule has 0 saturated carbocycles. The van der Waals surface area contributed by atoms with Gasteiger partial charge in [-0.15, -0.1) is 0 Å². The standard InChI is InChI=1S/C20H20N2O8/c1-10(16(25)28-3)22-17(26)20(18(27)29-4)13-12(19(22,2)30-20)14(23)21(15(13)24)11-8-6-5-7-9-11/h5-10,12-13H,1-4H3/t10-,12-,13+,19+,20-/m0/s1. The van der Waals surface area contributed by atoms with Gasteiger partial charge < -0.3 is 14.2 Å². The predicted octanol–water partition coefficient (Wildman–Crippen LogP) is -0.146. The smallest absolute Gasteiger partial charge is 0.349 e. The molecule has 0 aliphatic carbocycles. The van der Waals surface area contributed by atoms with Crippen molar-refractivity contribution in [3.05, 3.63) is 30.3 Å². The lowest BCUT2D eigenvalue weighted by molar-refractivity contribution is -0.174. The fraction of sp³-hybridized carbons (Fsp3) is 0.450. The number of nitrogens with zero attached hydrogens (tertiary/aromatic N) is 2. The summed E-state index contributed by atoms with van der Waals surface area (Å²) in [5, 5.41) is 0. The van der Waals surface area contributed by atoms with Crippen LogP contribution in [0.2, 0.25) is 0 Å². The number of esters is 2. The number of para-hydroxylation sites is 1. The van der Waals surface area contributed by atoms with Crippen LogP contribution in [0.25, 0.3) is 0 Å². The van der Waals surface area contributed by atoms with Crippen molar-refractivity contribution in [2.75, 3.05) is 19.1 Å². The van der Waals surface area contributed by atoms with Gasteiger partial charge in [0.2, 0.25) is 11.8 Å². The van der Waals surface area contributed by atoms with Gasteiger partial charge >= 0.3 is 11.9 Å². The number of ether oxygens (including phenoxy) is 3. The number of carbonyl (C=O) groups excluding carboxylic acids is 5. The number of rotatable bonds is 4. The predicted molar refractivity (Wildman–Crippen MR) is 98.5 cm³/mol. The molecule has 2 bridgehead atoms. The second-order valence-corrected chi connectivity index (χ2v) is 7.56. The molecule has 10 heteroatoms. The first-order valence-corrected chi connectivity index (χ1v) is 9.29. The van der Waals surface area contributed by atoms with E-state index in [1.807, 2.05) is 0 Å². The number of hydrogen-bond donors (Lipinski definition) is 0. The quantitative estimate of drug-likeness (QED) is 0.378. The monoisotopic (exact) mass is 416 g/mol. The van der Waals surface area contributed by atoms with E-state index in [1.165, 1.54) is 13.8 Å². The van der Waals surface area contributed by atoms with Crippen molar-refractivity contribution < 1.29 is 38.2 Å². The Hall–Kier alpha value is -3.27. The minimum Gasteiger partial charge on any atom is -0.467 e. The highest BCUT2D eigenvalue weighted by Crippen LogP contribution is 2.60. The van der Waals surface area contributed by atoms with Crippen LogP contribution >= 0.6 is 0 Å². The topological polar surface area (TPSA) is 120 Å². The second-order valence-electron chi connectivity index (χ2n) is 7.56. The zero-order valence-corrected chi connectivity index (χ0v) is 16.8. The molecule has 0 aromatic heterocycles. The Morgan fingerprint density at radius 2 is 1.63 bits per heavy atom. The van der Waals surface area contributed by atoms with Crippen LogP contribution in [0, 0.1) is 11.8 Å². The maximum Gasteiger partial charge on any atom is 0.349 e. The highest BCUT2D eigenvalue weighted by atomic mass is 16.6. The average molecular weight is 416 g/mol. The highest BCUT2D eigenvalue weighted by molar-refractivity contribution is 6.28. The summed E-state index contributed by atoms with van der Waals surface area (Å²) in [5.74, 6) is -6.73. The molecule has 0 spiro atoms. The molecule has 3 aliphatic heterocycles. The van der Waals surface area contributed by atoms with E-state index in [2.05, 4.69) is 0 Å². The van der Waals surface area contributed by atoms with Crippen LogP contribution in [0.1, 0.15) is 13.8 Å². The lowest BCUT2D eigenvalue weighted by Gasteiger charge is -2.40. The molecule has 158 valence electrons. The van der Waals surface area contributed by atoms with Crippen LogP contribution in [-0.4, -0.2) is 66.1 Å². The van der Waals surface area contributed by atoms with Crippen molar-refractivity contribution in [1.82, 2.24) is 4.90 Å². The van der Waals surface area contributed by atoms with Gasteiger partial charge in [-0.25, -0.2) is 14.5 Å². The summed E-state index contributed by atoms with van der Waals surface area (Å²) in [6, 6.07) is 7.02. The minimum absolute atomic E-state index is 0.310. The van der Waals surface area contributed by atoms with Gasteiger partial charge in [0, 0.05) is 0 Å². The van der Waals surface area contributed by atoms with E-state index >= 15 is 0 Å². The van der Waals surface area contributed by atoms with Gasteiger partial charge in [-0.1, -0.05) is 18.2 Å². The molecule has 4 rings (SSSR count). The number of hydrogen-bond acceptors (Lipinski definition) is 8. The molecule has 3 heterocycles. The van der Waals surface area contributed by atoms with E-state index < -0.39 is 58.9 Å². The lowest BCUT2D eigenvalue weighted by atomic mass is 9.74. The number of anilines is 1. The summed E-state index contributed by atoms with van der Waals surface area (Å²) in [4.78, 5) is 67.0. The van der Waals surface area contributed by atoms with Crippen LogP contribution in [0.4, 0.5) is 5.69 Å². The van der Waals surface area contributed by atoms with Crippen LogP contribution in [0.5, 0.6) is 0 Å². The van der Waals surface area contributed by atoms with E-state index in [9.17, 15) is 24.0 Å². The number of fused-ring (bicyclic) bond motifs is 5. The highest BCUT2D eigenvalue weighted by Gasteiger charge is 2.85. The maximum absolute atomic E-state index is 13.4. The zero-order valence-electron chi connectivity index (χ0n) is 16.8. The van der Waals surface area contributed by atoms with E-state index in [0.29, 0.717) is 5.69 Å². The van der Waals surface area contributed by atoms with Crippen molar-refractivity contribution >= 4 is 35.3 Å². The van der Waals surface area contributed by atoms with Gasteiger partial charge in [-0.2, -0.15) is 0 Å². The summed E-state index contributed by atoms with van der Waals surface area (Å²) in [6.45, 7) is 2.81. The molecule has 1 aromatic carbocycles. The van der Waals surface area contributed by atoms with E-state index in [0.717, 1.165) is 24.0 Å². The first-order chi connectivity index (χ1) is 14.2. The SMILES string of the molecule is COC(=O)[C@H](C)N1C(=O)[C@@]2(C(=O)OC)O[C@]1(C)[C@@H]1C(=O)N(c3ccccc3)C(=O)[C@@H]12. The first-order valence-electron chi connectivity index (χ1n) is 9.29. The summed E-state index contributed by atoms with van der Waals surface area (Å²) >= 11 is 0. The van der Waals surface area contributed by atoms with Crippen molar-refractivity contribution in [3.63, 3.8) is 0 Å².